The number of hydrogen-bond acceptors (Lipinski definition) is 2. The topological polar surface area (TPSA) is 32.3 Å². The Hall–Kier alpha value is -1.80. The quantitative estimate of drug-likeness (QED) is 0.720. The summed E-state index contributed by atoms with van der Waals surface area (Å²) in [4.78, 5) is 0. The van der Waals surface area contributed by atoms with E-state index in [1.807, 2.05) is 0 Å². The van der Waals surface area contributed by atoms with Gasteiger partial charge >= 0.3 is 0 Å². The minimum absolute atomic E-state index is 0.419. The summed E-state index contributed by atoms with van der Waals surface area (Å²) in [6.07, 6.45) is 0. The molecule has 0 aliphatic carbocycles. The van der Waals surface area contributed by atoms with E-state index in [4.69, 9.17) is 17.5 Å². The molecule has 0 amide bonds. The first-order valence-corrected chi connectivity index (χ1v) is 3.72. The third-order valence-corrected chi connectivity index (χ3v) is 1.49. The number of anilines is 1. The van der Waals surface area contributed by atoms with Crippen molar-refractivity contribution in [1.82, 2.24) is 0 Å². The van der Waals surface area contributed by atoms with E-state index in [9.17, 15) is 0 Å². The van der Waals surface area contributed by atoms with Crippen LogP contribution < -0.4 is 5.48 Å². The van der Waals surface area contributed by atoms with Gasteiger partial charge in [0.2, 0.25) is 0 Å². The van der Waals surface area contributed by atoms with Gasteiger partial charge in [-0.3, -0.25) is 10.7 Å². The summed E-state index contributed by atoms with van der Waals surface area (Å²) in [5.41, 5.74) is 0.271. The molecule has 2 nitrogen and oxygen atoms in total. The molecule has 0 saturated carbocycles. The molecule has 0 spiro atoms. The Bertz CT molecular complexity index is 763. The fraction of sp³-hybridized carbons (Fsp3) is 0. The zero-order chi connectivity index (χ0) is 17.6. The van der Waals surface area contributed by atoms with Crippen molar-refractivity contribution in [3.63, 3.8) is 0 Å². The van der Waals surface area contributed by atoms with E-state index in [0.29, 0.717) is 0 Å². The Morgan fingerprint density at radius 1 is 0.857 bits per heavy atom. The van der Waals surface area contributed by atoms with Crippen LogP contribution in [0.3, 0.4) is 0 Å². The van der Waals surface area contributed by atoms with Crippen molar-refractivity contribution >= 4 is 5.69 Å². The molecule has 14 heavy (non-hydrogen) atoms. The molecule has 0 bridgehead atoms. The predicted octanol–water partition coefficient (Wildman–Crippen LogP) is 3.15. The molecule has 2 N–H and O–H groups in total. The number of hydrogen-bond donors (Lipinski definition) is 2. The van der Waals surface area contributed by atoms with Gasteiger partial charge < -0.3 is 0 Å². The van der Waals surface area contributed by atoms with Crippen molar-refractivity contribution in [1.29, 1.82) is 0 Å². The Labute approximate surface area is 95.4 Å². The first kappa shape index (κ1) is 3.11. The summed E-state index contributed by atoms with van der Waals surface area (Å²) >= 11 is 0. The van der Waals surface area contributed by atoms with E-state index >= 15 is 0 Å². The average Bonchev–Trinajstić information content (AvgIpc) is 2.53. The normalized spacial score (nSPS) is 18.8. The molecule has 0 aliphatic heterocycles. The fourth-order valence-corrected chi connectivity index (χ4v) is 0.868. The number of benzene rings is 2. The molecule has 2 aromatic rings. The number of nitrogens with one attached hydrogen (secondary N) is 1. The van der Waals surface area contributed by atoms with E-state index in [2.05, 4.69) is 0 Å². The maximum Gasteiger partial charge on any atom is 0.0646 e. The average molecular weight is 194 g/mol. The van der Waals surface area contributed by atoms with E-state index in [-0.39, 0.29) is 0 Å². The van der Waals surface area contributed by atoms with Crippen molar-refractivity contribution < 1.29 is 17.5 Å². The third-order valence-electron chi connectivity index (χ3n) is 1.49. The van der Waals surface area contributed by atoms with Gasteiger partial charge in [-0.1, -0.05) is 42.3 Å². The second-order valence-corrected chi connectivity index (χ2v) is 2.36. The molecule has 2 rings (SSSR count). The van der Waals surface area contributed by atoms with Crippen molar-refractivity contribution in [2.45, 2.75) is 0 Å². The summed E-state index contributed by atoms with van der Waals surface area (Å²) in [5, 5.41) is 8.93. The summed E-state index contributed by atoms with van der Waals surface area (Å²) in [5.74, 6) is 0. The monoisotopic (exact) mass is 194 g/mol. The Kier molecular flexibility index (Phi) is 0.874. The minimum atomic E-state index is -0.637. The molecule has 0 atom stereocenters. The molecule has 0 radical (unpaired) electrons. The standard InChI is InChI=1S/C12H11NO/c14-13-12-8-6-11(7-9-12)10-4-2-1-3-5-10/h1-9,13-14H/i1D,2D,3D,4D,5D,6D,7D,8D,9D. The molecule has 0 fully saturated rings. The molecule has 0 saturated heterocycles. The van der Waals surface area contributed by atoms with Crippen LogP contribution in [-0.2, 0) is 0 Å². The molecular weight excluding hydrogens is 174 g/mol. The molecule has 0 aromatic heterocycles. The predicted molar refractivity (Wildman–Crippen MR) is 57.3 cm³/mol. The smallest absolute Gasteiger partial charge is 0.0646 e. The lowest BCUT2D eigenvalue weighted by atomic mass is 10.1. The Balaban J connectivity index is 3.01. The highest BCUT2D eigenvalue weighted by atomic mass is 16.5. The van der Waals surface area contributed by atoms with Gasteiger partial charge in [-0.05, 0) is 23.2 Å². The van der Waals surface area contributed by atoms with Gasteiger partial charge in [0.25, 0.3) is 0 Å². The molecular formula is C12H11NO. The van der Waals surface area contributed by atoms with Gasteiger partial charge in [0, 0.05) is 0 Å². The highest BCUT2D eigenvalue weighted by Crippen LogP contribution is 2.20. The SMILES string of the molecule is [2H]c1c([2H])c([2H])c(-c2c([2H])c([2H])c(NO)c([2H])c2[2H])c([2H])c1[2H]. The number of rotatable bonds is 2. The lowest BCUT2D eigenvalue weighted by molar-refractivity contribution is 0.389. The lowest BCUT2D eigenvalue weighted by Gasteiger charge is -2.02. The van der Waals surface area contributed by atoms with Crippen LogP contribution in [0.1, 0.15) is 12.3 Å². The summed E-state index contributed by atoms with van der Waals surface area (Å²) in [7, 11) is 0. The summed E-state index contributed by atoms with van der Waals surface area (Å²) in [6, 6.07) is -5.62. The van der Waals surface area contributed by atoms with Crippen molar-refractivity contribution in [3.05, 3.63) is 54.4 Å². The van der Waals surface area contributed by atoms with E-state index < -0.39 is 71.2 Å². The van der Waals surface area contributed by atoms with Gasteiger partial charge in [-0.2, -0.15) is 0 Å². The summed E-state index contributed by atoms with van der Waals surface area (Å²) in [6.45, 7) is 0. The Morgan fingerprint density at radius 3 is 2.00 bits per heavy atom. The third kappa shape index (κ3) is 1.75. The van der Waals surface area contributed by atoms with Crippen LogP contribution in [0.4, 0.5) is 5.69 Å². The van der Waals surface area contributed by atoms with Crippen LogP contribution in [0.2, 0.25) is 0 Å². The minimum Gasteiger partial charge on any atom is -0.291 e. The van der Waals surface area contributed by atoms with Crippen LogP contribution >= 0.6 is 0 Å². The van der Waals surface area contributed by atoms with Crippen LogP contribution in [-0.4, -0.2) is 5.21 Å². The highest BCUT2D eigenvalue weighted by molar-refractivity contribution is 5.65. The second kappa shape index (κ2) is 3.94. The first-order valence-electron chi connectivity index (χ1n) is 8.22. The molecule has 0 unspecified atom stereocenters. The summed E-state index contributed by atoms with van der Waals surface area (Å²) < 4.78 is 69.9. The maximum atomic E-state index is 8.93. The molecule has 0 aliphatic rings. The van der Waals surface area contributed by atoms with Crippen molar-refractivity contribution in [3.8, 4) is 11.1 Å². The van der Waals surface area contributed by atoms with Crippen LogP contribution in [0.15, 0.2) is 54.4 Å². The first-order chi connectivity index (χ1) is 10.6. The fourth-order valence-electron chi connectivity index (χ4n) is 0.868. The van der Waals surface area contributed by atoms with Gasteiger partial charge in [0.1, 0.15) is 0 Å². The maximum absolute atomic E-state index is 8.93. The Morgan fingerprint density at radius 2 is 1.43 bits per heavy atom. The van der Waals surface area contributed by atoms with E-state index in [0.717, 1.165) is 0 Å². The molecule has 0 heterocycles. The van der Waals surface area contributed by atoms with Crippen molar-refractivity contribution in [2.24, 2.45) is 0 Å². The lowest BCUT2D eigenvalue weighted by Crippen LogP contribution is -1.87. The van der Waals surface area contributed by atoms with Crippen LogP contribution in [0.25, 0.3) is 11.1 Å². The van der Waals surface area contributed by atoms with Crippen LogP contribution in [0.5, 0.6) is 0 Å². The van der Waals surface area contributed by atoms with Crippen molar-refractivity contribution in [2.75, 3.05) is 5.48 Å². The zero-order valence-corrected chi connectivity index (χ0v) is 6.95. The van der Waals surface area contributed by atoms with Crippen LogP contribution in [0, 0.1) is 0 Å². The van der Waals surface area contributed by atoms with Gasteiger partial charge in [0.05, 0.1) is 18.0 Å². The van der Waals surface area contributed by atoms with E-state index in [1.54, 1.807) is 5.48 Å². The molecule has 70 valence electrons. The van der Waals surface area contributed by atoms with Gasteiger partial charge in [-0.25, -0.2) is 0 Å². The molecule has 2 aromatic carbocycles. The zero-order valence-electron chi connectivity index (χ0n) is 15.9. The second-order valence-electron chi connectivity index (χ2n) is 2.36. The van der Waals surface area contributed by atoms with E-state index in [1.165, 1.54) is 0 Å². The largest absolute Gasteiger partial charge is 0.291 e. The van der Waals surface area contributed by atoms with Gasteiger partial charge in [-0.15, -0.1) is 0 Å². The molecule has 2 heteroatoms. The van der Waals surface area contributed by atoms with Gasteiger partial charge in [0.15, 0.2) is 0 Å². The highest BCUT2D eigenvalue weighted by Gasteiger charge is 1.95.